The van der Waals surface area contributed by atoms with Crippen molar-refractivity contribution in [2.75, 3.05) is 19.5 Å². The van der Waals surface area contributed by atoms with Crippen molar-refractivity contribution in [1.82, 2.24) is 9.99 Å². The third kappa shape index (κ3) is 5.84. The van der Waals surface area contributed by atoms with Gasteiger partial charge >= 0.3 is 5.97 Å². The Labute approximate surface area is 206 Å². The van der Waals surface area contributed by atoms with E-state index in [9.17, 15) is 9.59 Å². The molecule has 34 heavy (non-hydrogen) atoms. The second-order valence-corrected chi connectivity index (χ2v) is 9.60. The first-order valence-corrected chi connectivity index (χ1v) is 12.8. The van der Waals surface area contributed by atoms with Crippen molar-refractivity contribution in [1.29, 1.82) is 0 Å². The number of carbonyl (C=O) groups is 2. The minimum Gasteiger partial charge on any atom is -0.497 e. The first kappa shape index (κ1) is 24.0. The Morgan fingerprint density at radius 1 is 1.15 bits per heavy atom. The highest BCUT2D eigenvalue weighted by atomic mass is 32.2. The monoisotopic (exact) mass is 495 g/mol. The summed E-state index contributed by atoms with van der Waals surface area (Å²) in [7, 11) is 1.63. The van der Waals surface area contributed by atoms with Crippen molar-refractivity contribution in [3.05, 3.63) is 76.8 Å². The number of hydrazone groups is 1. The van der Waals surface area contributed by atoms with E-state index < -0.39 is 0 Å². The molecule has 0 fully saturated rings. The van der Waals surface area contributed by atoms with Gasteiger partial charge in [-0.2, -0.15) is 5.10 Å². The lowest BCUT2D eigenvalue weighted by molar-refractivity contribution is -0.142. The van der Waals surface area contributed by atoms with Crippen molar-refractivity contribution in [2.24, 2.45) is 5.10 Å². The van der Waals surface area contributed by atoms with Crippen molar-refractivity contribution in [3.8, 4) is 5.75 Å². The van der Waals surface area contributed by atoms with E-state index in [2.05, 4.69) is 4.98 Å². The Morgan fingerprint density at radius 2 is 1.91 bits per heavy atom. The molecule has 7 nitrogen and oxygen atoms in total. The Bertz CT molecular complexity index is 1160. The minimum absolute atomic E-state index is 0.0982. The van der Waals surface area contributed by atoms with Crippen LogP contribution in [-0.2, 0) is 20.7 Å². The number of esters is 1. The van der Waals surface area contributed by atoms with Gasteiger partial charge in [0.2, 0.25) is 0 Å². The molecule has 4 rings (SSSR count). The van der Waals surface area contributed by atoms with Gasteiger partial charge < -0.3 is 9.47 Å². The second kappa shape index (κ2) is 11.3. The zero-order chi connectivity index (χ0) is 23.9. The van der Waals surface area contributed by atoms with Gasteiger partial charge in [-0.3, -0.25) is 9.59 Å². The fourth-order valence-electron chi connectivity index (χ4n) is 3.62. The zero-order valence-corrected chi connectivity index (χ0v) is 20.6. The number of aromatic nitrogens is 1. The lowest BCUT2D eigenvalue weighted by atomic mass is 9.98. The summed E-state index contributed by atoms with van der Waals surface area (Å²) in [5.74, 6) is 0.563. The highest BCUT2D eigenvalue weighted by Gasteiger charge is 2.33. The van der Waals surface area contributed by atoms with E-state index in [0.717, 1.165) is 26.9 Å². The number of benzene rings is 2. The third-order valence-corrected chi connectivity index (χ3v) is 7.31. The van der Waals surface area contributed by atoms with E-state index in [0.29, 0.717) is 18.7 Å². The molecule has 1 aromatic heterocycles. The van der Waals surface area contributed by atoms with Crippen LogP contribution < -0.4 is 4.74 Å². The van der Waals surface area contributed by atoms with E-state index in [-0.39, 0.29) is 30.1 Å². The third-order valence-electron chi connectivity index (χ3n) is 5.25. The van der Waals surface area contributed by atoms with E-state index >= 15 is 0 Å². The van der Waals surface area contributed by atoms with Crippen molar-refractivity contribution >= 4 is 40.7 Å². The largest absolute Gasteiger partial charge is 0.497 e. The Hall–Kier alpha value is -3.17. The number of thiazole rings is 1. The van der Waals surface area contributed by atoms with Crippen LogP contribution >= 0.6 is 23.1 Å². The number of nitrogens with zero attached hydrogens (tertiary/aromatic N) is 3. The molecule has 0 N–H and O–H groups in total. The van der Waals surface area contributed by atoms with Gasteiger partial charge in [-0.25, -0.2) is 9.99 Å². The molecule has 1 aliphatic rings. The van der Waals surface area contributed by atoms with Gasteiger partial charge in [0.05, 0.1) is 43.3 Å². The maximum atomic E-state index is 13.2. The molecule has 1 amide bonds. The highest BCUT2D eigenvalue weighted by molar-refractivity contribution is 8.01. The average Bonchev–Trinajstić information content (AvgIpc) is 3.51. The first-order chi connectivity index (χ1) is 16.6. The first-order valence-electron chi connectivity index (χ1n) is 10.9. The molecule has 0 unspecified atom stereocenters. The molecule has 0 spiro atoms. The van der Waals surface area contributed by atoms with E-state index in [1.807, 2.05) is 60.0 Å². The number of hydrogen-bond acceptors (Lipinski definition) is 8. The maximum absolute atomic E-state index is 13.2. The summed E-state index contributed by atoms with van der Waals surface area (Å²) >= 11 is 2.77. The normalized spacial score (nSPS) is 15.2. The predicted molar refractivity (Wildman–Crippen MR) is 133 cm³/mol. The standard InChI is InChI=1S/C25H25N3O4S2/c1-3-32-24(30)13-19-15-33-25(26-19)34-16-23(29)28-22(18-9-11-20(31-2)12-10-18)14-21(27-28)17-7-5-4-6-8-17/h4-12,15,22H,3,13-14,16H2,1-2H3/t22-/m1/s1. The van der Waals surface area contributed by atoms with Crippen LogP contribution in [-0.4, -0.2) is 47.1 Å². The average molecular weight is 496 g/mol. The van der Waals surface area contributed by atoms with Crippen LogP contribution in [0.3, 0.4) is 0 Å². The van der Waals surface area contributed by atoms with Crippen molar-refractivity contribution < 1.29 is 19.1 Å². The van der Waals surface area contributed by atoms with Gasteiger partial charge in [0.1, 0.15) is 5.75 Å². The van der Waals surface area contributed by atoms with Crippen LogP contribution in [0.25, 0.3) is 0 Å². The smallest absolute Gasteiger partial charge is 0.311 e. The number of methoxy groups -OCH3 is 1. The molecular weight excluding hydrogens is 470 g/mol. The summed E-state index contributed by atoms with van der Waals surface area (Å²) in [5.41, 5.74) is 3.54. The molecule has 1 aliphatic heterocycles. The number of hydrogen-bond donors (Lipinski definition) is 0. The van der Waals surface area contributed by atoms with Crippen molar-refractivity contribution in [2.45, 2.75) is 30.1 Å². The lowest BCUT2D eigenvalue weighted by Gasteiger charge is -2.22. The molecular formula is C25H25N3O4S2. The number of amides is 1. The van der Waals surface area contributed by atoms with Crippen LogP contribution in [0.15, 0.2) is 69.4 Å². The Kier molecular flexibility index (Phi) is 7.97. The molecule has 1 atom stereocenters. The summed E-state index contributed by atoms with van der Waals surface area (Å²) in [4.78, 5) is 29.4. The van der Waals surface area contributed by atoms with Gasteiger partial charge in [-0.05, 0) is 30.2 Å². The van der Waals surface area contributed by atoms with Crippen LogP contribution in [0.4, 0.5) is 0 Å². The van der Waals surface area contributed by atoms with Crippen LogP contribution in [0.5, 0.6) is 5.75 Å². The quantitative estimate of drug-likeness (QED) is 0.315. The summed E-state index contributed by atoms with van der Waals surface area (Å²) in [5, 5.41) is 8.13. The summed E-state index contributed by atoms with van der Waals surface area (Å²) in [6.45, 7) is 2.12. The van der Waals surface area contributed by atoms with Crippen LogP contribution in [0.1, 0.15) is 36.2 Å². The number of carbonyl (C=O) groups excluding carboxylic acids is 2. The summed E-state index contributed by atoms with van der Waals surface area (Å²) < 4.78 is 11.0. The molecule has 0 saturated carbocycles. The molecule has 3 aromatic rings. The Balaban J connectivity index is 1.47. The molecule has 176 valence electrons. The number of ether oxygens (including phenoxy) is 2. The van der Waals surface area contributed by atoms with Crippen molar-refractivity contribution in [3.63, 3.8) is 0 Å². The number of thioether (sulfide) groups is 1. The van der Waals surface area contributed by atoms with Gasteiger partial charge in [0.15, 0.2) is 4.34 Å². The molecule has 0 saturated heterocycles. The SMILES string of the molecule is CCOC(=O)Cc1csc(SCC(=O)N2N=C(c3ccccc3)C[C@@H]2c2ccc(OC)cc2)n1. The fourth-order valence-corrected chi connectivity index (χ4v) is 5.31. The molecule has 0 radical (unpaired) electrons. The fraction of sp³-hybridized carbons (Fsp3) is 0.280. The van der Waals surface area contributed by atoms with E-state index in [1.54, 1.807) is 19.0 Å². The topological polar surface area (TPSA) is 81.1 Å². The summed E-state index contributed by atoms with van der Waals surface area (Å²) in [6, 6.07) is 17.5. The van der Waals surface area contributed by atoms with Gasteiger partial charge in [0, 0.05) is 11.8 Å². The van der Waals surface area contributed by atoms with Crippen LogP contribution in [0.2, 0.25) is 0 Å². The molecule has 2 aromatic carbocycles. The molecule has 2 heterocycles. The van der Waals surface area contributed by atoms with Gasteiger partial charge in [-0.15, -0.1) is 11.3 Å². The van der Waals surface area contributed by atoms with E-state index in [1.165, 1.54) is 23.1 Å². The molecule has 9 heteroatoms. The highest BCUT2D eigenvalue weighted by Crippen LogP contribution is 2.34. The molecule has 0 aliphatic carbocycles. The van der Waals surface area contributed by atoms with Crippen LogP contribution in [0, 0.1) is 0 Å². The minimum atomic E-state index is -0.303. The van der Waals surface area contributed by atoms with Gasteiger partial charge in [-0.1, -0.05) is 54.2 Å². The second-order valence-electron chi connectivity index (χ2n) is 7.52. The van der Waals surface area contributed by atoms with E-state index in [4.69, 9.17) is 14.6 Å². The predicted octanol–water partition coefficient (Wildman–Crippen LogP) is 4.73. The molecule has 0 bridgehead atoms. The maximum Gasteiger partial charge on any atom is 0.311 e. The lowest BCUT2D eigenvalue weighted by Crippen LogP contribution is -2.28. The Morgan fingerprint density at radius 3 is 2.62 bits per heavy atom. The number of rotatable bonds is 9. The summed E-state index contributed by atoms with van der Waals surface area (Å²) in [6.07, 6.45) is 0.767. The zero-order valence-electron chi connectivity index (χ0n) is 19.0. The van der Waals surface area contributed by atoms with Gasteiger partial charge in [0.25, 0.3) is 5.91 Å².